The van der Waals surface area contributed by atoms with Crippen LogP contribution in [0.4, 0.5) is 0 Å². The molecule has 0 aromatic heterocycles. The Morgan fingerprint density at radius 3 is 2.16 bits per heavy atom. The van der Waals surface area contributed by atoms with Gasteiger partial charge in [-0.1, -0.05) is 60.7 Å². The molecule has 3 rings (SSSR count). The van der Waals surface area contributed by atoms with Crippen LogP contribution in [-0.2, 0) is 22.6 Å². The van der Waals surface area contributed by atoms with Crippen molar-refractivity contribution in [2.24, 2.45) is 0 Å². The highest BCUT2D eigenvalue weighted by Crippen LogP contribution is 2.35. The van der Waals surface area contributed by atoms with Gasteiger partial charge in [-0.25, -0.2) is 4.79 Å². The molecule has 6 nitrogen and oxygen atoms in total. The van der Waals surface area contributed by atoms with Crippen molar-refractivity contribution in [1.29, 1.82) is 0 Å². The minimum atomic E-state index is -0.599. The number of hydrogen-bond donors (Lipinski definition) is 1. The van der Waals surface area contributed by atoms with Gasteiger partial charge in [0.2, 0.25) is 0 Å². The summed E-state index contributed by atoms with van der Waals surface area (Å²) in [5.41, 5.74) is 1.98. The molecule has 0 aliphatic carbocycles. The number of hydrogen-bond acceptors (Lipinski definition) is 6. The second-order valence-corrected chi connectivity index (χ2v) is 6.86. The van der Waals surface area contributed by atoms with Crippen molar-refractivity contribution in [2.75, 3.05) is 13.7 Å². The van der Waals surface area contributed by atoms with E-state index in [-0.39, 0.29) is 35.9 Å². The molecule has 31 heavy (non-hydrogen) atoms. The number of benzene rings is 3. The van der Waals surface area contributed by atoms with Crippen molar-refractivity contribution >= 4 is 11.8 Å². The fraction of sp³-hybridized carbons (Fsp3) is 0.200. The molecular weight excluding hydrogens is 396 g/mol. The molecule has 0 saturated heterocycles. The summed E-state index contributed by atoms with van der Waals surface area (Å²) in [5.74, 6) is -0.760. The number of ether oxygens (including phenoxy) is 3. The van der Waals surface area contributed by atoms with Crippen LogP contribution in [0.5, 0.6) is 17.2 Å². The van der Waals surface area contributed by atoms with E-state index in [0.29, 0.717) is 12.2 Å². The predicted molar refractivity (Wildman–Crippen MR) is 115 cm³/mol. The van der Waals surface area contributed by atoms with Crippen molar-refractivity contribution in [2.45, 2.75) is 19.4 Å². The Morgan fingerprint density at radius 2 is 1.52 bits per heavy atom. The maximum Gasteiger partial charge on any atom is 0.343 e. The van der Waals surface area contributed by atoms with Gasteiger partial charge in [0.15, 0.2) is 12.4 Å². The molecule has 0 radical (unpaired) electrons. The van der Waals surface area contributed by atoms with E-state index in [2.05, 4.69) is 4.74 Å². The number of carbonyl (C=O) groups excluding carboxylic acids is 2. The smallest absolute Gasteiger partial charge is 0.343 e. The lowest BCUT2D eigenvalue weighted by atomic mass is 10.0. The molecule has 0 spiro atoms. The molecule has 160 valence electrons. The normalized spacial score (nSPS) is 10.4. The van der Waals surface area contributed by atoms with E-state index in [1.165, 1.54) is 19.2 Å². The number of esters is 1. The highest BCUT2D eigenvalue weighted by molar-refractivity contribution is 6.01. The van der Waals surface area contributed by atoms with Gasteiger partial charge in [-0.2, -0.15) is 0 Å². The van der Waals surface area contributed by atoms with Gasteiger partial charge in [0, 0.05) is 18.6 Å². The number of phenolic OH excluding ortho intramolecular Hbond substituents is 1. The van der Waals surface area contributed by atoms with Crippen molar-refractivity contribution in [1.82, 2.24) is 0 Å². The Bertz CT molecular complexity index is 1010. The topological polar surface area (TPSA) is 82.1 Å². The van der Waals surface area contributed by atoms with E-state index < -0.39 is 12.6 Å². The Hall–Kier alpha value is -3.80. The van der Waals surface area contributed by atoms with Gasteiger partial charge < -0.3 is 19.3 Å². The van der Waals surface area contributed by atoms with Gasteiger partial charge in [-0.3, -0.25) is 4.79 Å². The Balaban J connectivity index is 1.79. The van der Waals surface area contributed by atoms with Crippen molar-refractivity contribution < 1.29 is 28.9 Å². The van der Waals surface area contributed by atoms with Gasteiger partial charge in [0.25, 0.3) is 0 Å². The third-order valence-electron chi connectivity index (χ3n) is 4.64. The first-order valence-corrected chi connectivity index (χ1v) is 9.87. The standard InChI is InChI=1S/C25H24O6/c1-29-24(28)17-31-23-15-20(30-16-19-10-6-3-7-11-19)14-22(27)25(23)21(26)13-12-18-8-4-2-5-9-18/h2-11,14-15,27H,12-13,16-17H2,1H3. The van der Waals surface area contributed by atoms with Crippen molar-refractivity contribution in [3.63, 3.8) is 0 Å². The average Bonchev–Trinajstić information content (AvgIpc) is 2.80. The molecule has 0 bridgehead atoms. The third-order valence-corrected chi connectivity index (χ3v) is 4.64. The van der Waals surface area contributed by atoms with Crippen LogP contribution < -0.4 is 9.47 Å². The van der Waals surface area contributed by atoms with Crippen LogP contribution in [0.25, 0.3) is 0 Å². The molecule has 0 aliphatic rings. The summed E-state index contributed by atoms with van der Waals surface area (Å²) in [6.45, 7) is -0.116. The van der Waals surface area contributed by atoms with Gasteiger partial charge in [0.1, 0.15) is 29.4 Å². The molecule has 0 amide bonds. The second-order valence-electron chi connectivity index (χ2n) is 6.86. The molecular formula is C25H24O6. The van der Waals surface area contributed by atoms with E-state index in [0.717, 1.165) is 11.1 Å². The third kappa shape index (κ3) is 6.34. The maximum absolute atomic E-state index is 12.9. The van der Waals surface area contributed by atoms with E-state index in [9.17, 15) is 14.7 Å². The Labute approximate surface area is 181 Å². The van der Waals surface area contributed by atoms with E-state index in [1.807, 2.05) is 60.7 Å². The largest absolute Gasteiger partial charge is 0.507 e. The van der Waals surface area contributed by atoms with E-state index >= 15 is 0 Å². The predicted octanol–water partition coefficient (Wildman–Crippen LogP) is 4.34. The molecule has 0 atom stereocenters. The SMILES string of the molecule is COC(=O)COc1cc(OCc2ccccc2)cc(O)c1C(=O)CCc1ccccc1. The summed E-state index contributed by atoms with van der Waals surface area (Å²) < 4.78 is 15.8. The molecule has 0 saturated carbocycles. The summed E-state index contributed by atoms with van der Waals surface area (Å²) in [4.78, 5) is 24.4. The van der Waals surface area contributed by atoms with Gasteiger partial charge in [-0.15, -0.1) is 0 Å². The lowest BCUT2D eigenvalue weighted by Gasteiger charge is -2.15. The van der Waals surface area contributed by atoms with Crippen LogP contribution in [0.15, 0.2) is 72.8 Å². The Morgan fingerprint density at radius 1 is 0.871 bits per heavy atom. The summed E-state index contributed by atoms with van der Waals surface area (Å²) in [6, 6.07) is 22.0. The second kappa shape index (κ2) is 10.8. The van der Waals surface area contributed by atoms with Crippen LogP contribution in [0.2, 0.25) is 0 Å². The van der Waals surface area contributed by atoms with Crippen molar-refractivity contribution in [3.05, 3.63) is 89.5 Å². The minimum absolute atomic E-state index is 0.0203. The first-order chi connectivity index (χ1) is 15.1. The average molecular weight is 420 g/mol. The molecule has 6 heteroatoms. The first-order valence-electron chi connectivity index (χ1n) is 9.87. The van der Waals surface area contributed by atoms with Gasteiger partial charge in [0.05, 0.1) is 7.11 Å². The number of aryl methyl sites for hydroxylation is 1. The molecule has 0 fully saturated rings. The first kappa shape index (κ1) is 21.9. The lowest BCUT2D eigenvalue weighted by Crippen LogP contribution is -2.15. The molecule has 3 aromatic rings. The number of rotatable bonds is 10. The maximum atomic E-state index is 12.9. The summed E-state index contributed by atoms with van der Waals surface area (Å²) in [7, 11) is 1.24. The number of phenols is 1. The van der Waals surface area contributed by atoms with Gasteiger partial charge in [-0.05, 0) is 17.5 Å². The van der Waals surface area contributed by atoms with Crippen LogP contribution in [0.3, 0.4) is 0 Å². The summed E-state index contributed by atoms with van der Waals surface area (Å²) in [6.07, 6.45) is 0.693. The van der Waals surface area contributed by atoms with Gasteiger partial charge >= 0.3 is 5.97 Å². The zero-order valence-electron chi connectivity index (χ0n) is 17.2. The molecule has 0 heterocycles. The monoisotopic (exact) mass is 420 g/mol. The molecule has 3 aromatic carbocycles. The van der Waals surface area contributed by atoms with Crippen LogP contribution in [-0.4, -0.2) is 30.6 Å². The number of methoxy groups -OCH3 is 1. The Kier molecular flexibility index (Phi) is 7.65. The van der Waals surface area contributed by atoms with E-state index in [1.54, 1.807) is 0 Å². The summed E-state index contributed by atoms with van der Waals surface area (Å²) >= 11 is 0. The quantitative estimate of drug-likeness (QED) is 0.388. The van der Waals surface area contributed by atoms with E-state index in [4.69, 9.17) is 9.47 Å². The fourth-order valence-corrected chi connectivity index (χ4v) is 3.02. The molecule has 0 unspecified atom stereocenters. The number of carbonyl (C=O) groups is 2. The van der Waals surface area contributed by atoms with Crippen molar-refractivity contribution in [3.8, 4) is 17.2 Å². The number of ketones is 1. The fourth-order valence-electron chi connectivity index (χ4n) is 3.02. The number of aromatic hydroxyl groups is 1. The lowest BCUT2D eigenvalue weighted by molar-refractivity contribution is -0.142. The van der Waals surface area contributed by atoms with Crippen LogP contribution in [0, 0.1) is 0 Å². The highest BCUT2D eigenvalue weighted by atomic mass is 16.6. The number of Topliss-reactive ketones (excluding diaryl/α,β-unsaturated/α-hetero) is 1. The minimum Gasteiger partial charge on any atom is -0.507 e. The zero-order valence-corrected chi connectivity index (χ0v) is 17.2. The zero-order chi connectivity index (χ0) is 22.1. The van der Waals surface area contributed by atoms with Crippen LogP contribution >= 0.6 is 0 Å². The molecule has 1 N–H and O–H groups in total. The molecule has 0 aliphatic heterocycles. The highest BCUT2D eigenvalue weighted by Gasteiger charge is 2.21. The van der Waals surface area contributed by atoms with Crippen LogP contribution in [0.1, 0.15) is 27.9 Å². The summed E-state index contributed by atoms with van der Waals surface area (Å²) in [5, 5.41) is 10.6.